The Bertz CT molecular complexity index is 492. The molecule has 2 rings (SSSR count). The molecule has 2 aromatic heterocycles. The number of fused-ring (bicyclic) bond motifs is 1. The van der Waals surface area contributed by atoms with E-state index < -0.39 is 0 Å². The minimum atomic E-state index is 0.670. The lowest BCUT2D eigenvalue weighted by Gasteiger charge is -2.20. The van der Waals surface area contributed by atoms with Crippen LogP contribution in [0.2, 0.25) is 0 Å². The van der Waals surface area contributed by atoms with Crippen LogP contribution in [0.3, 0.4) is 0 Å². The monoisotopic (exact) mass is 215 g/mol. The molecule has 5 heteroatoms. The first kappa shape index (κ1) is 10.4. The molecule has 0 saturated heterocycles. The van der Waals surface area contributed by atoms with Gasteiger partial charge in [-0.25, -0.2) is 15.0 Å². The van der Waals surface area contributed by atoms with Gasteiger partial charge < -0.3 is 9.88 Å². The first-order valence-electron chi connectivity index (χ1n) is 4.97. The summed E-state index contributed by atoms with van der Waals surface area (Å²) in [4.78, 5) is 17.5. The number of aromatic nitrogens is 4. The third-order valence-electron chi connectivity index (χ3n) is 2.20. The Morgan fingerprint density at radius 1 is 1.19 bits per heavy atom. The summed E-state index contributed by atoms with van der Waals surface area (Å²) in [6.45, 7) is 8.87. The van der Waals surface area contributed by atoms with Crippen LogP contribution >= 0.6 is 0 Å². The molecule has 82 valence electrons. The molecule has 0 aromatic carbocycles. The maximum absolute atomic E-state index is 4.26. The molecule has 0 radical (unpaired) electrons. The maximum Gasteiger partial charge on any atom is 0.182 e. The summed E-state index contributed by atoms with van der Waals surface area (Å²) in [5, 5.41) is 0. The van der Waals surface area contributed by atoms with Crippen LogP contribution in [0.1, 0.15) is 0 Å². The molecule has 1 N–H and O–H groups in total. The van der Waals surface area contributed by atoms with E-state index in [9.17, 15) is 0 Å². The highest BCUT2D eigenvalue weighted by Crippen LogP contribution is 2.19. The number of imidazole rings is 1. The average molecular weight is 215 g/mol. The molecule has 0 aliphatic carbocycles. The Kier molecular flexibility index (Phi) is 2.95. The zero-order valence-electron chi connectivity index (χ0n) is 8.93. The van der Waals surface area contributed by atoms with Gasteiger partial charge in [-0.1, -0.05) is 12.2 Å². The fourth-order valence-corrected chi connectivity index (χ4v) is 1.55. The van der Waals surface area contributed by atoms with Crippen LogP contribution in [-0.2, 0) is 0 Å². The molecular formula is C11H13N5. The SMILES string of the molecule is C=CCN(CC=C)c1ncnc2nc[nH]c12. The summed E-state index contributed by atoms with van der Waals surface area (Å²) in [6, 6.07) is 0. The summed E-state index contributed by atoms with van der Waals surface area (Å²) in [6.07, 6.45) is 6.78. The van der Waals surface area contributed by atoms with E-state index >= 15 is 0 Å². The summed E-state index contributed by atoms with van der Waals surface area (Å²) in [5.74, 6) is 0.822. The molecule has 0 saturated carbocycles. The lowest BCUT2D eigenvalue weighted by Crippen LogP contribution is -2.24. The normalized spacial score (nSPS) is 10.2. The molecule has 0 aliphatic rings. The topological polar surface area (TPSA) is 57.7 Å². The van der Waals surface area contributed by atoms with Crippen LogP contribution in [0.4, 0.5) is 5.82 Å². The first-order valence-corrected chi connectivity index (χ1v) is 4.97. The molecule has 0 unspecified atom stereocenters. The van der Waals surface area contributed by atoms with Crippen LogP contribution in [0.5, 0.6) is 0 Å². The second-order valence-corrected chi connectivity index (χ2v) is 3.28. The number of hydrogen-bond donors (Lipinski definition) is 1. The molecule has 0 spiro atoms. The van der Waals surface area contributed by atoms with E-state index in [1.54, 1.807) is 6.33 Å². The quantitative estimate of drug-likeness (QED) is 0.768. The molecule has 2 aromatic rings. The van der Waals surface area contributed by atoms with Crippen molar-refractivity contribution >= 4 is 17.0 Å². The minimum Gasteiger partial charge on any atom is -0.347 e. The number of hydrogen-bond acceptors (Lipinski definition) is 4. The predicted molar refractivity (Wildman–Crippen MR) is 64.3 cm³/mol. The van der Waals surface area contributed by atoms with Crippen LogP contribution in [0.15, 0.2) is 38.0 Å². The Morgan fingerprint density at radius 2 is 1.94 bits per heavy atom. The van der Waals surface area contributed by atoms with Gasteiger partial charge in [-0.3, -0.25) is 0 Å². The number of nitrogens with zero attached hydrogens (tertiary/aromatic N) is 4. The van der Waals surface area contributed by atoms with E-state index in [1.807, 2.05) is 17.1 Å². The Hall–Kier alpha value is -2.17. The Balaban J connectivity index is 2.45. The lowest BCUT2D eigenvalue weighted by molar-refractivity contribution is 0.926. The van der Waals surface area contributed by atoms with Crippen molar-refractivity contribution in [1.29, 1.82) is 0 Å². The largest absolute Gasteiger partial charge is 0.347 e. The molecule has 0 fully saturated rings. The zero-order valence-corrected chi connectivity index (χ0v) is 8.93. The smallest absolute Gasteiger partial charge is 0.182 e. The summed E-state index contributed by atoms with van der Waals surface area (Å²) < 4.78 is 0. The lowest BCUT2D eigenvalue weighted by atomic mass is 10.4. The van der Waals surface area contributed by atoms with Gasteiger partial charge in [0.2, 0.25) is 0 Å². The van der Waals surface area contributed by atoms with Crippen LogP contribution < -0.4 is 4.90 Å². The van der Waals surface area contributed by atoms with Crippen molar-refractivity contribution in [3.05, 3.63) is 38.0 Å². The highest BCUT2D eigenvalue weighted by molar-refractivity contribution is 5.82. The van der Waals surface area contributed by atoms with Gasteiger partial charge in [-0.05, 0) is 0 Å². The van der Waals surface area contributed by atoms with E-state index in [2.05, 4.69) is 33.1 Å². The van der Waals surface area contributed by atoms with Gasteiger partial charge in [0.05, 0.1) is 6.33 Å². The molecular weight excluding hydrogens is 202 g/mol. The first-order chi connectivity index (χ1) is 7.86. The summed E-state index contributed by atoms with van der Waals surface area (Å²) >= 11 is 0. The fourth-order valence-electron chi connectivity index (χ4n) is 1.55. The Labute approximate surface area is 93.6 Å². The standard InChI is InChI=1S/C11H13N5/c1-3-5-16(6-4-2)11-9-10(13-7-12-9)14-8-15-11/h3-4,7-8H,1-2,5-6H2,(H,12,13,14,15). The molecule has 0 atom stereocenters. The predicted octanol–water partition coefficient (Wildman–Crippen LogP) is 1.53. The van der Waals surface area contributed by atoms with Gasteiger partial charge in [-0.15, -0.1) is 13.2 Å². The van der Waals surface area contributed by atoms with E-state index in [1.165, 1.54) is 6.33 Å². The van der Waals surface area contributed by atoms with Crippen LogP contribution in [0, 0.1) is 0 Å². The number of aromatic amines is 1. The van der Waals surface area contributed by atoms with Crippen molar-refractivity contribution in [3.8, 4) is 0 Å². The van der Waals surface area contributed by atoms with Gasteiger partial charge in [0.15, 0.2) is 11.5 Å². The molecule has 0 bridgehead atoms. The van der Waals surface area contributed by atoms with Crippen molar-refractivity contribution < 1.29 is 0 Å². The highest BCUT2D eigenvalue weighted by Gasteiger charge is 2.11. The molecule has 2 heterocycles. The van der Waals surface area contributed by atoms with Crippen LogP contribution in [0.25, 0.3) is 11.2 Å². The number of H-pyrrole nitrogens is 1. The minimum absolute atomic E-state index is 0.670. The number of anilines is 1. The van der Waals surface area contributed by atoms with Gasteiger partial charge in [0, 0.05) is 13.1 Å². The number of rotatable bonds is 5. The molecule has 0 amide bonds. The van der Waals surface area contributed by atoms with E-state index in [4.69, 9.17) is 0 Å². The summed E-state index contributed by atoms with van der Waals surface area (Å²) in [5.41, 5.74) is 1.51. The zero-order chi connectivity index (χ0) is 11.4. The fraction of sp³-hybridized carbons (Fsp3) is 0.182. The van der Waals surface area contributed by atoms with Crippen molar-refractivity contribution in [2.24, 2.45) is 0 Å². The van der Waals surface area contributed by atoms with Crippen molar-refractivity contribution in [2.75, 3.05) is 18.0 Å². The van der Waals surface area contributed by atoms with Crippen LogP contribution in [-0.4, -0.2) is 33.0 Å². The Morgan fingerprint density at radius 3 is 2.62 bits per heavy atom. The van der Waals surface area contributed by atoms with Crippen molar-refractivity contribution in [1.82, 2.24) is 19.9 Å². The van der Waals surface area contributed by atoms with Crippen molar-refractivity contribution in [2.45, 2.75) is 0 Å². The summed E-state index contributed by atoms with van der Waals surface area (Å²) in [7, 11) is 0. The maximum atomic E-state index is 4.26. The third-order valence-corrected chi connectivity index (χ3v) is 2.20. The van der Waals surface area contributed by atoms with E-state index in [0.29, 0.717) is 18.7 Å². The number of nitrogens with one attached hydrogen (secondary N) is 1. The van der Waals surface area contributed by atoms with Gasteiger partial charge in [0.1, 0.15) is 11.8 Å². The average Bonchev–Trinajstić information content (AvgIpc) is 2.76. The van der Waals surface area contributed by atoms with Crippen molar-refractivity contribution in [3.63, 3.8) is 0 Å². The molecule has 0 aliphatic heterocycles. The second kappa shape index (κ2) is 4.57. The molecule has 5 nitrogen and oxygen atoms in total. The van der Waals surface area contributed by atoms with Gasteiger partial charge in [0.25, 0.3) is 0 Å². The van der Waals surface area contributed by atoms with Gasteiger partial charge >= 0.3 is 0 Å². The highest BCUT2D eigenvalue weighted by atomic mass is 15.2. The van der Waals surface area contributed by atoms with E-state index in [0.717, 1.165) is 11.3 Å². The second-order valence-electron chi connectivity index (χ2n) is 3.28. The molecule has 16 heavy (non-hydrogen) atoms. The van der Waals surface area contributed by atoms with E-state index in [-0.39, 0.29) is 0 Å². The third kappa shape index (κ3) is 1.79. The van der Waals surface area contributed by atoms with Gasteiger partial charge in [-0.2, -0.15) is 0 Å².